The Labute approximate surface area is 469 Å². The molecule has 10 aromatic rings. The van der Waals surface area contributed by atoms with Gasteiger partial charge in [0, 0.05) is 31.0 Å². The van der Waals surface area contributed by atoms with Gasteiger partial charge in [-0.15, -0.1) is 31.9 Å². The normalized spacial score (nSPS) is 10.6. The van der Waals surface area contributed by atoms with E-state index in [0.29, 0.717) is 36.7 Å². The first-order valence-electron chi connectivity index (χ1n) is 22.8. The molecule has 0 bridgehead atoms. The van der Waals surface area contributed by atoms with Crippen LogP contribution in [0.25, 0.3) is 39.8 Å². The lowest BCUT2D eigenvalue weighted by Crippen LogP contribution is -2.19. The molecule has 3 aromatic carbocycles. The SMILES string of the molecule is C#Cc1cc2nc(-c3ccc(-n4ccnc4)nn3)oc(=O)c2cc1F.COC(=O)c1cc(Cl)c(Cl)cc1NC(=O)c1cc(CCCN)c(-n2ccnc2)nn1.COC(=O)c1cc(Cl)c(Cl)cc1NC(=O)c1cn(-c2cn[nH]c2)nn1. The van der Waals surface area contributed by atoms with Crippen LogP contribution in [0, 0.1) is 18.2 Å². The number of methoxy groups -OCH3 is 2. The van der Waals surface area contributed by atoms with E-state index in [0.717, 1.165) is 11.6 Å². The Hall–Kier alpha value is -9.78. The minimum Gasteiger partial charge on any atom is -0.465 e. The van der Waals surface area contributed by atoms with Gasteiger partial charge in [-0.3, -0.25) is 23.8 Å². The van der Waals surface area contributed by atoms with Crippen molar-refractivity contribution in [3.05, 3.63) is 181 Å². The molecule has 7 heterocycles. The molecule has 5 N–H and O–H groups in total. The van der Waals surface area contributed by atoms with E-state index >= 15 is 0 Å². The van der Waals surface area contributed by atoms with Crippen molar-refractivity contribution in [3.63, 3.8) is 0 Å². The first-order chi connectivity index (χ1) is 38.6. The summed E-state index contributed by atoms with van der Waals surface area (Å²) in [7, 11) is 2.44. The zero-order valence-corrected chi connectivity index (χ0v) is 44.2. The van der Waals surface area contributed by atoms with E-state index in [1.807, 2.05) is 0 Å². The lowest BCUT2D eigenvalue weighted by Gasteiger charge is -2.13. The first kappa shape index (κ1) is 56.4. The van der Waals surface area contributed by atoms with Gasteiger partial charge in [-0.1, -0.05) is 57.5 Å². The maximum Gasteiger partial charge on any atom is 0.347 e. The lowest BCUT2D eigenvalue weighted by molar-refractivity contribution is 0.0592. The van der Waals surface area contributed by atoms with Crippen molar-refractivity contribution in [3.8, 4) is 41.3 Å². The Kier molecular flexibility index (Phi) is 18.0. The Morgan fingerprint density at radius 3 is 2.00 bits per heavy atom. The van der Waals surface area contributed by atoms with Crippen molar-refractivity contribution in [2.24, 2.45) is 5.73 Å². The van der Waals surface area contributed by atoms with Crippen molar-refractivity contribution < 1.29 is 37.5 Å². The minimum absolute atomic E-state index is 0.00300. The van der Waals surface area contributed by atoms with Gasteiger partial charge in [0.1, 0.15) is 29.9 Å². The van der Waals surface area contributed by atoms with Crippen LogP contribution in [0.15, 0.2) is 120 Å². The molecule has 0 saturated carbocycles. The van der Waals surface area contributed by atoms with Gasteiger partial charge in [0.2, 0.25) is 0 Å². The molecule has 0 saturated heterocycles. The molecule has 0 fully saturated rings. The Morgan fingerprint density at radius 1 is 0.800 bits per heavy atom. The highest BCUT2D eigenvalue weighted by atomic mass is 35.5. The number of amides is 2. The highest BCUT2D eigenvalue weighted by molar-refractivity contribution is 6.43. The lowest BCUT2D eigenvalue weighted by atomic mass is 10.1. The molecule has 0 radical (unpaired) electrons. The fourth-order valence-electron chi connectivity index (χ4n) is 6.99. The van der Waals surface area contributed by atoms with Gasteiger partial charge in [0.15, 0.2) is 23.0 Å². The summed E-state index contributed by atoms with van der Waals surface area (Å²) in [5.74, 6) is 0.0955. The Morgan fingerprint density at radius 2 is 1.44 bits per heavy atom. The topological polar surface area (TPSA) is 327 Å². The average Bonchev–Trinajstić information content (AvgIpc) is 4.35. The number of fused-ring (bicyclic) bond motifs is 1. The van der Waals surface area contributed by atoms with Crippen molar-refractivity contribution in [1.29, 1.82) is 0 Å². The third kappa shape index (κ3) is 13.1. The highest BCUT2D eigenvalue weighted by Gasteiger charge is 2.22. The summed E-state index contributed by atoms with van der Waals surface area (Å²) in [6.45, 7) is 0.485. The largest absolute Gasteiger partial charge is 0.465 e. The molecule has 25 nitrogen and oxygen atoms in total. The van der Waals surface area contributed by atoms with E-state index < -0.39 is 35.2 Å². The maximum absolute atomic E-state index is 13.7. The van der Waals surface area contributed by atoms with Gasteiger partial charge in [-0.2, -0.15) is 5.10 Å². The number of anilines is 2. The molecule has 0 aliphatic heterocycles. The van der Waals surface area contributed by atoms with E-state index in [9.17, 15) is 28.4 Å². The summed E-state index contributed by atoms with van der Waals surface area (Å²) in [4.78, 5) is 73.3. The van der Waals surface area contributed by atoms with Gasteiger partial charge < -0.3 is 30.3 Å². The molecule has 404 valence electrons. The van der Waals surface area contributed by atoms with Gasteiger partial charge in [-0.25, -0.2) is 38.4 Å². The fourth-order valence-corrected chi connectivity index (χ4v) is 7.65. The number of aromatic nitrogens is 14. The minimum atomic E-state index is -0.733. The molecule has 0 atom stereocenters. The van der Waals surface area contributed by atoms with Crippen molar-refractivity contribution in [1.82, 2.24) is 69.7 Å². The van der Waals surface area contributed by atoms with E-state index in [-0.39, 0.29) is 82.0 Å². The molecule has 0 aliphatic rings. The molecule has 30 heteroatoms. The second-order valence-electron chi connectivity index (χ2n) is 16.0. The molecule has 7 aromatic heterocycles. The molecule has 0 spiro atoms. The first-order valence-corrected chi connectivity index (χ1v) is 24.3. The Balaban J connectivity index is 0.000000159. The smallest absolute Gasteiger partial charge is 0.347 e. The number of imidazole rings is 2. The number of ether oxygens (including phenoxy) is 2. The number of carbonyl (C=O) groups is 4. The molecule has 80 heavy (non-hydrogen) atoms. The van der Waals surface area contributed by atoms with E-state index in [1.165, 1.54) is 61.6 Å². The molecule has 2 amide bonds. The average molecular weight is 1160 g/mol. The quantitative estimate of drug-likeness (QED) is 0.0655. The number of carbonyl (C=O) groups excluding carboxylic acids is 4. The molecule has 10 rings (SSSR count). The van der Waals surface area contributed by atoms with Crippen LogP contribution in [0.4, 0.5) is 15.8 Å². The van der Waals surface area contributed by atoms with Crippen LogP contribution in [-0.4, -0.2) is 114 Å². The maximum atomic E-state index is 13.7. The van der Waals surface area contributed by atoms with Crippen LogP contribution in [0.2, 0.25) is 20.1 Å². The van der Waals surface area contributed by atoms with Gasteiger partial charge in [-0.05, 0) is 79.5 Å². The summed E-state index contributed by atoms with van der Waals surface area (Å²) < 4.78 is 33.0. The van der Waals surface area contributed by atoms with Crippen molar-refractivity contribution in [2.75, 3.05) is 31.4 Å². The standard InChI is InChI=1S/C19H18Cl2N6O3.C17H8FN5O2.C14H10Cl2N6O3/c1-30-19(29)12-8-13(20)14(21)9-15(12)24-18(28)16-7-11(3-2-4-22)17(26-25-16)27-6-5-23-10-27;1-2-10-7-14-11(8-12(10)18)17(24)25-16(20-14)13-3-4-15(22-21-13)23-6-5-19-9-23;1-25-14(24)8-2-9(15)10(16)3-11(8)19-13(23)12-6-22(21-20-12)7-4-17-18-5-7/h5-10H,2-4,22H2,1H3,(H,24,28);1,3-9H;2-6H,1H3,(H,17,18)(H,19,23). The monoisotopic (exact) mass is 1160 g/mol. The number of terminal acetylenes is 1. The Bertz CT molecular complexity index is 4010. The van der Waals surface area contributed by atoms with Crippen LogP contribution in [0.3, 0.4) is 0 Å². The second-order valence-corrected chi connectivity index (χ2v) is 17.6. The third-order valence-corrected chi connectivity index (χ3v) is 12.3. The molecule has 0 aliphatic carbocycles. The number of nitrogens with one attached hydrogen (secondary N) is 3. The number of hydrogen-bond acceptors (Lipinski definition) is 19. The number of rotatable bonds is 13. The van der Waals surface area contributed by atoms with Crippen LogP contribution in [-0.2, 0) is 15.9 Å². The number of halogens is 5. The number of benzene rings is 3. The zero-order valence-electron chi connectivity index (χ0n) is 41.1. The van der Waals surface area contributed by atoms with Gasteiger partial charge in [0.25, 0.3) is 17.7 Å². The molecular formula is C50H36Cl4FN17O8. The predicted molar refractivity (Wildman–Crippen MR) is 288 cm³/mol. The second kappa shape index (κ2) is 25.6. The van der Waals surface area contributed by atoms with Crippen LogP contribution >= 0.6 is 46.4 Å². The third-order valence-electron chi connectivity index (χ3n) is 10.9. The number of aryl methyl sites for hydroxylation is 1. The summed E-state index contributed by atoms with van der Waals surface area (Å²) >= 11 is 23.9. The van der Waals surface area contributed by atoms with E-state index in [2.05, 4.69) is 77.1 Å². The van der Waals surface area contributed by atoms with Crippen LogP contribution in [0.1, 0.15) is 59.2 Å². The van der Waals surface area contributed by atoms with Crippen LogP contribution < -0.4 is 22.0 Å². The van der Waals surface area contributed by atoms with E-state index in [1.54, 1.807) is 71.0 Å². The zero-order chi connectivity index (χ0) is 57.0. The molecular weight excluding hydrogens is 1130 g/mol. The van der Waals surface area contributed by atoms with Crippen LogP contribution in [0.5, 0.6) is 0 Å². The summed E-state index contributed by atoms with van der Waals surface area (Å²) in [6, 6.07) is 12.6. The predicted octanol–water partition coefficient (Wildman–Crippen LogP) is 7.19. The summed E-state index contributed by atoms with van der Waals surface area (Å²) in [5, 5.41) is 36.1. The summed E-state index contributed by atoms with van der Waals surface area (Å²) in [5.41, 5.74) is 7.28. The fraction of sp³-hybridized carbons (Fsp3) is 0.100. The number of H-pyrrole nitrogens is 1. The van der Waals surface area contributed by atoms with Crippen molar-refractivity contribution in [2.45, 2.75) is 12.8 Å². The molecule has 0 unspecified atom stereocenters. The number of nitrogens with two attached hydrogens (primary N) is 1. The van der Waals surface area contributed by atoms with E-state index in [4.69, 9.17) is 67.7 Å². The van der Waals surface area contributed by atoms with Gasteiger partial charge >= 0.3 is 17.6 Å². The highest BCUT2D eigenvalue weighted by Crippen LogP contribution is 2.32. The number of esters is 2. The number of nitrogens with zero attached hydrogens (tertiary/aromatic N) is 13. The van der Waals surface area contributed by atoms with Gasteiger partial charge in [0.05, 0.1) is 85.7 Å². The van der Waals surface area contributed by atoms with Crippen molar-refractivity contribution >= 4 is 92.4 Å². The number of aromatic amines is 1. The summed E-state index contributed by atoms with van der Waals surface area (Å²) in [6.07, 6.45) is 20.9. The number of hydrogen-bond donors (Lipinski definition) is 4.